The van der Waals surface area contributed by atoms with E-state index in [0.29, 0.717) is 11.7 Å². The highest BCUT2D eigenvalue weighted by molar-refractivity contribution is 14.0. The van der Waals surface area contributed by atoms with Crippen molar-refractivity contribution >= 4 is 29.9 Å². The van der Waals surface area contributed by atoms with E-state index in [1.807, 2.05) is 14.0 Å². The molecule has 1 aliphatic heterocycles. The number of hydrogen-bond donors (Lipinski definition) is 1. The number of halogens is 1. The Hall–Kier alpha value is -0.900. The molecule has 0 atom stereocenters. The van der Waals surface area contributed by atoms with E-state index < -0.39 is 0 Å². The van der Waals surface area contributed by atoms with E-state index >= 15 is 0 Å². The van der Waals surface area contributed by atoms with Crippen molar-refractivity contribution in [3.05, 3.63) is 11.7 Å². The second kappa shape index (κ2) is 11.6. The molecule has 0 saturated carbocycles. The zero-order chi connectivity index (χ0) is 16.5. The first-order chi connectivity index (χ1) is 11.2. The second-order valence-corrected chi connectivity index (χ2v) is 6.08. The molecule has 0 radical (unpaired) electrons. The topological polar surface area (TPSA) is 75.8 Å². The molecule has 0 aliphatic carbocycles. The van der Waals surface area contributed by atoms with Crippen LogP contribution in [0.3, 0.4) is 0 Å². The number of hydrogen-bond acceptors (Lipinski definition) is 5. The van der Waals surface area contributed by atoms with Gasteiger partial charge in [0, 0.05) is 46.8 Å². The molecule has 1 fully saturated rings. The van der Waals surface area contributed by atoms with Gasteiger partial charge in [-0.05, 0) is 38.5 Å². The van der Waals surface area contributed by atoms with Gasteiger partial charge in [-0.3, -0.25) is 4.99 Å². The minimum atomic E-state index is 0. The Bertz CT molecular complexity index is 489. The summed E-state index contributed by atoms with van der Waals surface area (Å²) in [5.74, 6) is 3.12. The van der Waals surface area contributed by atoms with Crippen molar-refractivity contribution in [2.24, 2.45) is 10.9 Å². The molecule has 1 aromatic rings. The van der Waals surface area contributed by atoms with Crippen LogP contribution in [-0.2, 0) is 11.2 Å². The van der Waals surface area contributed by atoms with Crippen molar-refractivity contribution in [2.75, 3.05) is 40.4 Å². The summed E-state index contributed by atoms with van der Waals surface area (Å²) in [5, 5.41) is 7.19. The molecule has 1 aliphatic rings. The monoisotopic (exact) mass is 451 g/mol. The van der Waals surface area contributed by atoms with Gasteiger partial charge >= 0.3 is 0 Å². The summed E-state index contributed by atoms with van der Waals surface area (Å²) in [6.45, 7) is 5.52. The lowest BCUT2D eigenvalue weighted by atomic mass is 9.96. The summed E-state index contributed by atoms with van der Waals surface area (Å²) in [5.41, 5.74) is 0. The maximum Gasteiger partial charge on any atom is 0.226 e. The van der Waals surface area contributed by atoms with Crippen molar-refractivity contribution in [3.8, 4) is 0 Å². The van der Waals surface area contributed by atoms with Crippen LogP contribution in [0.2, 0.25) is 0 Å². The fourth-order valence-electron chi connectivity index (χ4n) is 2.78. The van der Waals surface area contributed by atoms with Gasteiger partial charge in [0.05, 0.1) is 0 Å². The largest absolute Gasteiger partial charge is 0.381 e. The third-order valence-electron chi connectivity index (χ3n) is 4.21. The molecule has 1 aromatic heterocycles. The molecule has 2 heterocycles. The van der Waals surface area contributed by atoms with E-state index in [1.165, 1.54) is 19.3 Å². The van der Waals surface area contributed by atoms with Gasteiger partial charge in [-0.25, -0.2) is 0 Å². The molecule has 1 saturated heterocycles. The first-order valence-electron chi connectivity index (χ1n) is 8.47. The minimum absolute atomic E-state index is 0. The van der Waals surface area contributed by atoms with Crippen LogP contribution in [0.25, 0.3) is 0 Å². The molecular formula is C16H30IN5O2. The van der Waals surface area contributed by atoms with Crippen LogP contribution in [-0.4, -0.2) is 61.4 Å². The molecule has 2 rings (SSSR count). The van der Waals surface area contributed by atoms with Gasteiger partial charge in [0.2, 0.25) is 5.89 Å². The van der Waals surface area contributed by atoms with Crippen molar-refractivity contribution < 1.29 is 9.26 Å². The van der Waals surface area contributed by atoms with E-state index in [2.05, 4.69) is 32.4 Å². The number of ether oxygens (including phenoxy) is 1. The van der Waals surface area contributed by atoms with E-state index in [1.54, 1.807) is 0 Å². The molecule has 0 spiro atoms. The zero-order valence-corrected chi connectivity index (χ0v) is 17.3. The highest BCUT2D eigenvalue weighted by Gasteiger charge is 2.15. The van der Waals surface area contributed by atoms with Crippen LogP contribution in [0.1, 0.15) is 37.4 Å². The first kappa shape index (κ1) is 21.1. The molecule has 138 valence electrons. The molecule has 1 N–H and O–H groups in total. The Morgan fingerprint density at radius 2 is 2.12 bits per heavy atom. The minimum Gasteiger partial charge on any atom is -0.381 e. The SMILES string of the molecule is CN=C(NCCCc1nc(C)no1)N(C)CCC1CCOCC1.I. The lowest BCUT2D eigenvalue weighted by Gasteiger charge is -2.26. The predicted molar refractivity (Wildman–Crippen MR) is 105 cm³/mol. The summed E-state index contributed by atoms with van der Waals surface area (Å²) in [6.07, 6.45) is 5.29. The standard InChI is InChI=1S/C16H29N5O2.HI/c1-13-19-15(23-20-13)5-4-9-18-16(17-2)21(3)10-6-14-7-11-22-12-8-14;/h14H,4-12H2,1-3H3,(H,17,18);1H. The highest BCUT2D eigenvalue weighted by Crippen LogP contribution is 2.18. The average molecular weight is 451 g/mol. The van der Waals surface area contributed by atoms with Crippen LogP contribution in [0, 0.1) is 12.8 Å². The van der Waals surface area contributed by atoms with Gasteiger partial charge in [-0.15, -0.1) is 24.0 Å². The molecular weight excluding hydrogens is 421 g/mol. The smallest absolute Gasteiger partial charge is 0.226 e. The van der Waals surface area contributed by atoms with Gasteiger partial charge in [0.1, 0.15) is 0 Å². The van der Waals surface area contributed by atoms with Crippen LogP contribution in [0.15, 0.2) is 9.52 Å². The Labute approximate surface area is 161 Å². The fraction of sp³-hybridized carbons (Fsp3) is 0.812. The van der Waals surface area contributed by atoms with Crippen molar-refractivity contribution in [1.29, 1.82) is 0 Å². The van der Waals surface area contributed by atoms with Gasteiger partial charge in [0.25, 0.3) is 0 Å². The quantitative estimate of drug-likeness (QED) is 0.297. The van der Waals surface area contributed by atoms with Crippen molar-refractivity contribution in [3.63, 3.8) is 0 Å². The summed E-state index contributed by atoms with van der Waals surface area (Å²) in [4.78, 5) is 10.8. The molecule has 7 nitrogen and oxygen atoms in total. The van der Waals surface area contributed by atoms with E-state index in [4.69, 9.17) is 9.26 Å². The van der Waals surface area contributed by atoms with Gasteiger partial charge < -0.3 is 19.5 Å². The lowest BCUT2D eigenvalue weighted by molar-refractivity contribution is 0.0625. The molecule has 0 unspecified atom stereocenters. The number of nitrogens with one attached hydrogen (secondary N) is 1. The second-order valence-electron chi connectivity index (χ2n) is 6.08. The van der Waals surface area contributed by atoms with Gasteiger partial charge in [-0.2, -0.15) is 4.98 Å². The Morgan fingerprint density at radius 1 is 1.38 bits per heavy atom. The zero-order valence-electron chi connectivity index (χ0n) is 15.0. The normalized spacial score (nSPS) is 15.9. The van der Waals surface area contributed by atoms with E-state index in [9.17, 15) is 0 Å². The van der Waals surface area contributed by atoms with Gasteiger partial charge in [-0.1, -0.05) is 5.16 Å². The maximum atomic E-state index is 5.41. The van der Waals surface area contributed by atoms with Crippen LogP contribution in [0.5, 0.6) is 0 Å². The van der Waals surface area contributed by atoms with Crippen LogP contribution >= 0.6 is 24.0 Å². The molecule has 0 aromatic carbocycles. The summed E-state index contributed by atoms with van der Waals surface area (Å²) >= 11 is 0. The third-order valence-corrected chi connectivity index (χ3v) is 4.21. The maximum absolute atomic E-state index is 5.41. The molecule has 24 heavy (non-hydrogen) atoms. The summed E-state index contributed by atoms with van der Waals surface area (Å²) < 4.78 is 10.5. The number of aryl methyl sites for hydroxylation is 2. The Balaban J connectivity index is 0.00000288. The molecule has 0 amide bonds. The third kappa shape index (κ3) is 7.33. The predicted octanol–water partition coefficient (Wildman–Crippen LogP) is 2.25. The average Bonchev–Trinajstić information content (AvgIpc) is 2.99. The number of aromatic nitrogens is 2. The summed E-state index contributed by atoms with van der Waals surface area (Å²) in [7, 11) is 3.92. The van der Waals surface area contributed by atoms with Gasteiger partial charge in [0.15, 0.2) is 11.8 Å². The Morgan fingerprint density at radius 3 is 2.75 bits per heavy atom. The number of guanidine groups is 1. The molecule has 8 heteroatoms. The molecule has 0 bridgehead atoms. The van der Waals surface area contributed by atoms with Crippen molar-refractivity contribution in [2.45, 2.75) is 39.0 Å². The number of rotatable bonds is 7. The summed E-state index contributed by atoms with van der Waals surface area (Å²) in [6, 6.07) is 0. The number of nitrogens with zero attached hydrogens (tertiary/aromatic N) is 4. The van der Waals surface area contributed by atoms with E-state index in [-0.39, 0.29) is 24.0 Å². The number of aliphatic imine (C=N–C) groups is 1. The first-order valence-corrected chi connectivity index (χ1v) is 8.47. The van der Waals surface area contributed by atoms with Crippen LogP contribution in [0.4, 0.5) is 0 Å². The Kier molecular flexibility index (Phi) is 10.2. The van der Waals surface area contributed by atoms with E-state index in [0.717, 1.165) is 51.0 Å². The fourth-order valence-corrected chi connectivity index (χ4v) is 2.78. The van der Waals surface area contributed by atoms with Crippen LogP contribution < -0.4 is 5.32 Å². The van der Waals surface area contributed by atoms with Crippen molar-refractivity contribution in [1.82, 2.24) is 20.4 Å². The highest BCUT2D eigenvalue weighted by atomic mass is 127. The lowest BCUT2D eigenvalue weighted by Crippen LogP contribution is -2.40.